The highest BCUT2D eigenvalue weighted by molar-refractivity contribution is 6.07. The Morgan fingerprint density at radius 2 is 1.38 bits per heavy atom. The van der Waals surface area contributed by atoms with E-state index in [1.807, 2.05) is 0 Å². The lowest BCUT2D eigenvalue weighted by Crippen LogP contribution is -2.37. The summed E-state index contributed by atoms with van der Waals surface area (Å²) in [5.74, 6) is -0.617. The molecule has 2 saturated carbocycles. The number of imide groups is 2. The van der Waals surface area contributed by atoms with Gasteiger partial charge >= 0.3 is 0 Å². The van der Waals surface area contributed by atoms with E-state index in [1.165, 1.54) is 9.80 Å². The topological polar surface area (TPSA) is 74.8 Å². The van der Waals surface area contributed by atoms with Crippen LogP contribution in [0.4, 0.5) is 0 Å². The molecule has 0 N–H and O–H groups in total. The third-order valence-corrected chi connectivity index (χ3v) is 7.85. The molecule has 2 heterocycles. The molecule has 4 fully saturated rings. The molecule has 0 aromatic rings. The van der Waals surface area contributed by atoms with E-state index in [2.05, 4.69) is 18.2 Å². The van der Waals surface area contributed by atoms with Gasteiger partial charge in [-0.2, -0.15) is 0 Å². The fraction of sp³-hybridized carbons (Fsp3) is 0.600. The van der Waals surface area contributed by atoms with Crippen LogP contribution in [0, 0.1) is 47.3 Å². The predicted octanol–water partition coefficient (Wildman–Crippen LogP) is 0.601. The van der Waals surface area contributed by atoms with Crippen molar-refractivity contribution in [1.82, 2.24) is 9.80 Å². The molecule has 4 bridgehead atoms. The van der Waals surface area contributed by atoms with Crippen LogP contribution in [0.3, 0.4) is 0 Å². The van der Waals surface area contributed by atoms with Gasteiger partial charge in [0.25, 0.3) is 0 Å². The van der Waals surface area contributed by atoms with Crippen LogP contribution in [-0.4, -0.2) is 47.0 Å². The number of likely N-dealkylation sites (tertiary alicyclic amines) is 2. The van der Waals surface area contributed by atoms with Gasteiger partial charge in [-0.1, -0.05) is 23.8 Å². The van der Waals surface area contributed by atoms with Crippen molar-refractivity contribution in [2.24, 2.45) is 47.3 Å². The molecule has 0 aromatic heterocycles. The number of hydrogen-bond donors (Lipinski definition) is 0. The number of carbonyl (C=O) groups excluding carboxylic acids is 4. The highest BCUT2D eigenvalue weighted by Gasteiger charge is 2.62. The summed E-state index contributed by atoms with van der Waals surface area (Å²) in [5.41, 5.74) is 1.01. The smallest absolute Gasteiger partial charge is 0.234 e. The molecule has 6 nitrogen and oxygen atoms in total. The van der Waals surface area contributed by atoms with Gasteiger partial charge in [0.15, 0.2) is 0 Å². The largest absolute Gasteiger partial charge is 0.285 e. The number of amides is 4. The van der Waals surface area contributed by atoms with Gasteiger partial charge in [-0.15, -0.1) is 0 Å². The molecular formula is C20H20N2O4. The summed E-state index contributed by atoms with van der Waals surface area (Å²) in [5, 5.41) is 0. The second-order valence-corrected chi connectivity index (χ2v) is 8.80. The zero-order valence-corrected chi connectivity index (χ0v) is 14.5. The lowest BCUT2D eigenvalue weighted by atomic mass is 9.81. The van der Waals surface area contributed by atoms with Crippen LogP contribution in [-0.2, 0) is 19.2 Å². The minimum atomic E-state index is -0.289. The summed E-state index contributed by atoms with van der Waals surface area (Å²) >= 11 is 0. The van der Waals surface area contributed by atoms with E-state index in [4.69, 9.17) is 0 Å². The van der Waals surface area contributed by atoms with Crippen molar-refractivity contribution in [1.29, 1.82) is 0 Å². The maximum absolute atomic E-state index is 12.9. The van der Waals surface area contributed by atoms with Crippen LogP contribution in [0.1, 0.15) is 12.8 Å². The standard InChI is InChI=1S/C20H20N2O4/c1-21-17(23)15-10-5-11(12(6-10)16(15)18(21)24)7-22-19(25)13-8-2-3-9(4-8)14(13)20(22)26/h2-3,5,8-10,12-16H,4,6-7H2,1H3. The Bertz CT molecular complexity index is 828. The van der Waals surface area contributed by atoms with Gasteiger partial charge in [0, 0.05) is 13.6 Å². The van der Waals surface area contributed by atoms with Gasteiger partial charge in [0.05, 0.1) is 23.7 Å². The van der Waals surface area contributed by atoms with E-state index >= 15 is 0 Å². The van der Waals surface area contributed by atoms with E-state index in [1.54, 1.807) is 7.05 Å². The predicted molar refractivity (Wildman–Crippen MR) is 88.9 cm³/mol. The number of hydrogen-bond acceptors (Lipinski definition) is 4. The minimum absolute atomic E-state index is 0.00212. The Morgan fingerprint density at radius 3 is 2.04 bits per heavy atom. The third-order valence-electron chi connectivity index (χ3n) is 7.85. The lowest BCUT2D eigenvalue weighted by molar-refractivity contribution is -0.141. The molecule has 0 aromatic carbocycles. The Balaban J connectivity index is 1.27. The van der Waals surface area contributed by atoms with Crippen LogP contribution >= 0.6 is 0 Å². The van der Waals surface area contributed by atoms with Crippen LogP contribution in [0.15, 0.2) is 23.8 Å². The Kier molecular flexibility index (Phi) is 2.59. The minimum Gasteiger partial charge on any atom is -0.285 e. The zero-order valence-electron chi connectivity index (χ0n) is 14.5. The highest BCUT2D eigenvalue weighted by Crippen LogP contribution is 2.57. The number of carbonyl (C=O) groups is 4. The first-order valence-electron chi connectivity index (χ1n) is 9.53. The van der Waals surface area contributed by atoms with Crippen molar-refractivity contribution in [2.45, 2.75) is 12.8 Å². The van der Waals surface area contributed by atoms with Crippen LogP contribution in [0.5, 0.6) is 0 Å². The Morgan fingerprint density at radius 1 is 0.808 bits per heavy atom. The van der Waals surface area contributed by atoms with Gasteiger partial charge in [-0.25, -0.2) is 0 Å². The summed E-state index contributed by atoms with van der Waals surface area (Å²) in [6.07, 6.45) is 7.99. The van der Waals surface area contributed by atoms with Gasteiger partial charge in [0.2, 0.25) is 23.6 Å². The number of nitrogens with zero attached hydrogens (tertiary/aromatic N) is 2. The monoisotopic (exact) mass is 352 g/mol. The number of rotatable bonds is 2. The number of fused-ring (bicyclic) bond motifs is 10. The fourth-order valence-electron chi connectivity index (χ4n) is 6.75. The quantitative estimate of drug-likeness (QED) is 0.539. The molecular weight excluding hydrogens is 332 g/mol. The average Bonchev–Trinajstić information content (AvgIpc) is 3.43. The molecule has 26 heavy (non-hydrogen) atoms. The van der Waals surface area contributed by atoms with E-state index in [0.717, 1.165) is 18.4 Å². The normalized spacial score (nSPS) is 47.5. The van der Waals surface area contributed by atoms with E-state index in [0.29, 0.717) is 6.54 Å². The molecule has 134 valence electrons. The number of allylic oxidation sites excluding steroid dienone is 3. The molecule has 4 amide bonds. The maximum Gasteiger partial charge on any atom is 0.234 e. The Labute approximate surface area is 150 Å². The summed E-state index contributed by atoms with van der Waals surface area (Å²) in [4.78, 5) is 53.3. The summed E-state index contributed by atoms with van der Waals surface area (Å²) in [6.45, 7) is 0.305. The van der Waals surface area contributed by atoms with Crippen molar-refractivity contribution >= 4 is 23.6 Å². The molecule has 2 aliphatic heterocycles. The third kappa shape index (κ3) is 1.51. The molecule has 8 atom stereocenters. The molecule has 6 aliphatic rings. The first-order chi connectivity index (χ1) is 12.5. The SMILES string of the molecule is CN1C(=O)C2C3C=C(CN4C(=O)C5C6C=CC(C6)C5C4=O)C(C3)C2C1=O. The second kappa shape index (κ2) is 4.53. The molecule has 0 radical (unpaired) electrons. The van der Waals surface area contributed by atoms with E-state index < -0.39 is 0 Å². The van der Waals surface area contributed by atoms with Crippen LogP contribution in [0.25, 0.3) is 0 Å². The molecule has 0 spiro atoms. The van der Waals surface area contributed by atoms with E-state index in [9.17, 15) is 19.2 Å². The lowest BCUT2D eigenvalue weighted by Gasteiger charge is -2.25. The first-order valence-corrected chi connectivity index (χ1v) is 9.53. The van der Waals surface area contributed by atoms with Crippen molar-refractivity contribution in [3.63, 3.8) is 0 Å². The van der Waals surface area contributed by atoms with Gasteiger partial charge in [-0.05, 0) is 36.5 Å². The summed E-state index contributed by atoms with van der Waals surface area (Å²) in [7, 11) is 1.56. The second-order valence-electron chi connectivity index (χ2n) is 8.80. The van der Waals surface area contributed by atoms with Crippen molar-refractivity contribution in [3.8, 4) is 0 Å². The fourth-order valence-corrected chi connectivity index (χ4v) is 6.75. The van der Waals surface area contributed by atoms with Gasteiger partial charge in [0.1, 0.15) is 0 Å². The molecule has 2 saturated heterocycles. The summed E-state index contributed by atoms with van der Waals surface area (Å²) in [6, 6.07) is 0. The first kappa shape index (κ1) is 14.9. The summed E-state index contributed by atoms with van der Waals surface area (Å²) < 4.78 is 0. The zero-order chi connectivity index (χ0) is 17.9. The Hall–Kier alpha value is -2.24. The van der Waals surface area contributed by atoms with Crippen LogP contribution in [0.2, 0.25) is 0 Å². The van der Waals surface area contributed by atoms with Crippen molar-refractivity contribution in [3.05, 3.63) is 23.8 Å². The van der Waals surface area contributed by atoms with E-state index in [-0.39, 0.29) is 71.0 Å². The van der Waals surface area contributed by atoms with Crippen LogP contribution < -0.4 is 0 Å². The average molecular weight is 352 g/mol. The van der Waals surface area contributed by atoms with Crippen molar-refractivity contribution < 1.29 is 19.2 Å². The van der Waals surface area contributed by atoms with Gasteiger partial charge in [-0.3, -0.25) is 29.0 Å². The molecule has 6 rings (SSSR count). The molecule has 6 heteroatoms. The maximum atomic E-state index is 12.9. The highest BCUT2D eigenvalue weighted by atomic mass is 16.2. The molecule has 4 aliphatic carbocycles. The molecule has 8 unspecified atom stereocenters. The van der Waals surface area contributed by atoms with Crippen molar-refractivity contribution in [2.75, 3.05) is 13.6 Å². The van der Waals surface area contributed by atoms with Gasteiger partial charge < -0.3 is 0 Å².